The lowest BCUT2D eigenvalue weighted by Crippen LogP contribution is -2.25. The third kappa shape index (κ3) is 2.64. The molecular formula is C13H16N10O. The summed E-state index contributed by atoms with van der Waals surface area (Å²) in [6.45, 7) is 1.21. The highest BCUT2D eigenvalue weighted by Crippen LogP contribution is 2.14. The molecule has 0 fully saturated rings. The molecule has 0 aromatic carbocycles. The highest BCUT2D eigenvalue weighted by atomic mass is 16.1. The van der Waals surface area contributed by atoms with Gasteiger partial charge in [0.25, 0.3) is 5.91 Å². The molecule has 0 spiro atoms. The van der Waals surface area contributed by atoms with Gasteiger partial charge in [-0.2, -0.15) is 9.78 Å². The minimum absolute atomic E-state index is 0.278. The van der Waals surface area contributed by atoms with Crippen LogP contribution in [0.5, 0.6) is 0 Å². The first kappa shape index (κ1) is 14.5. The average molecular weight is 328 g/mol. The van der Waals surface area contributed by atoms with Crippen LogP contribution in [0.25, 0.3) is 5.82 Å². The average Bonchev–Trinajstić information content (AvgIpc) is 3.31. The largest absolute Gasteiger partial charge is 0.345 e. The van der Waals surface area contributed by atoms with Gasteiger partial charge in [-0.05, 0) is 23.3 Å². The molecule has 0 bridgehead atoms. The second-order valence-electron chi connectivity index (χ2n) is 5.56. The Morgan fingerprint density at radius 2 is 2.25 bits per heavy atom. The van der Waals surface area contributed by atoms with Crippen molar-refractivity contribution in [2.75, 3.05) is 0 Å². The van der Waals surface area contributed by atoms with Gasteiger partial charge in [0.2, 0.25) is 0 Å². The number of hydrogen-bond donors (Lipinski definition) is 2. The van der Waals surface area contributed by atoms with E-state index in [1.807, 2.05) is 0 Å². The molecule has 4 heterocycles. The molecule has 11 heteroatoms. The Hall–Kier alpha value is -3.11. The summed E-state index contributed by atoms with van der Waals surface area (Å²) in [5.41, 5.74) is 0.359. The molecule has 3 aromatic heterocycles. The molecule has 1 amide bonds. The number of nitrogens with one attached hydrogen (secondary N) is 2. The third-order valence-corrected chi connectivity index (χ3v) is 4.04. The Balaban J connectivity index is 1.48. The summed E-state index contributed by atoms with van der Waals surface area (Å²) in [6.07, 6.45) is 7.21. The fraction of sp³-hybridized carbons (Fsp3) is 0.462. The fourth-order valence-electron chi connectivity index (χ4n) is 2.81. The molecule has 0 saturated heterocycles. The first-order valence-electron chi connectivity index (χ1n) is 7.79. The third-order valence-electron chi connectivity index (χ3n) is 4.04. The second-order valence-corrected chi connectivity index (χ2v) is 5.56. The molecule has 0 saturated carbocycles. The van der Waals surface area contributed by atoms with E-state index in [0.29, 0.717) is 17.9 Å². The maximum absolute atomic E-state index is 12.4. The number of aromatic amines is 1. The van der Waals surface area contributed by atoms with E-state index < -0.39 is 0 Å². The first-order chi connectivity index (χ1) is 11.8. The summed E-state index contributed by atoms with van der Waals surface area (Å²) in [5.74, 6) is 1.90. The molecule has 0 radical (unpaired) electrons. The molecule has 2 N–H and O–H groups in total. The monoisotopic (exact) mass is 328 g/mol. The van der Waals surface area contributed by atoms with Gasteiger partial charge < -0.3 is 9.88 Å². The van der Waals surface area contributed by atoms with Gasteiger partial charge in [0.05, 0.1) is 12.7 Å². The molecule has 124 valence electrons. The number of aryl methyl sites for hydroxylation is 1. The highest BCUT2D eigenvalue weighted by molar-refractivity contribution is 5.96. The van der Waals surface area contributed by atoms with Gasteiger partial charge in [0.15, 0.2) is 11.6 Å². The van der Waals surface area contributed by atoms with Crippen molar-refractivity contribution in [1.82, 2.24) is 50.5 Å². The lowest BCUT2D eigenvalue weighted by molar-refractivity contribution is 0.0949. The van der Waals surface area contributed by atoms with Gasteiger partial charge in [-0.25, -0.2) is 0 Å². The number of rotatable bonds is 4. The van der Waals surface area contributed by atoms with E-state index in [0.717, 1.165) is 37.5 Å². The quantitative estimate of drug-likeness (QED) is 0.668. The van der Waals surface area contributed by atoms with Gasteiger partial charge >= 0.3 is 0 Å². The number of amides is 1. The Bertz CT molecular complexity index is 833. The van der Waals surface area contributed by atoms with E-state index in [9.17, 15) is 4.79 Å². The molecule has 0 atom stereocenters. The summed E-state index contributed by atoms with van der Waals surface area (Å²) in [5, 5.41) is 28.8. The topological polar surface area (TPSA) is 132 Å². The zero-order valence-electron chi connectivity index (χ0n) is 12.9. The van der Waals surface area contributed by atoms with Gasteiger partial charge in [-0.1, -0.05) is 6.42 Å². The van der Waals surface area contributed by atoms with Crippen LogP contribution in [-0.4, -0.2) is 51.1 Å². The molecule has 11 nitrogen and oxygen atoms in total. The van der Waals surface area contributed by atoms with Crippen LogP contribution in [0, 0.1) is 0 Å². The second kappa shape index (κ2) is 6.18. The molecule has 0 aliphatic carbocycles. The Morgan fingerprint density at radius 3 is 3.12 bits per heavy atom. The van der Waals surface area contributed by atoms with Crippen molar-refractivity contribution in [3.63, 3.8) is 0 Å². The molecule has 4 rings (SSSR count). The van der Waals surface area contributed by atoms with Crippen LogP contribution in [0.4, 0.5) is 0 Å². The molecule has 24 heavy (non-hydrogen) atoms. The van der Waals surface area contributed by atoms with Gasteiger partial charge in [-0.3, -0.25) is 9.89 Å². The first-order valence-corrected chi connectivity index (χ1v) is 7.79. The molecule has 3 aromatic rings. The van der Waals surface area contributed by atoms with Crippen molar-refractivity contribution in [1.29, 1.82) is 0 Å². The van der Waals surface area contributed by atoms with E-state index in [1.54, 1.807) is 0 Å². The molecule has 1 aliphatic rings. The van der Waals surface area contributed by atoms with Crippen molar-refractivity contribution < 1.29 is 4.79 Å². The van der Waals surface area contributed by atoms with Crippen molar-refractivity contribution in [3.8, 4) is 5.82 Å². The molecule has 0 unspecified atom stereocenters. The number of carbonyl (C=O) groups excluding carboxylic acids is 1. The standard InChI is InChI=1S/C13H16N10O/c24-13(9-6-15-19-12(9)23-8-16-20-21-23)14-7-11-18-17-10-4-2-1-3-5-22(10)11/h6,8H,1-5,7H2,(H,14,24)(H,15,19). The van der Waals surface area contributed by atoms with Crippen LogP contribution in [0.15, 0.2) is 12.5 Å². The normalized spacial score (nSPS) is 14.2. The van der Waals surface area contributed by atoms with E-state index in [1.165, 1.54) is 23.6 Å². The zero-order valence-corrected chi connectivity index (χ0v) is 12.9. The number of nitrogens with zero attached hydrogens (tertiary/aromatic N) is 8. The maximum atomic E-state index is 12.4. The summed E-state index contributed by atoms with van der Waals surface area (Å²) < 4.78 is 3.45. The summed E-state index contributed by atoms with van der Waals surface area (Å²) in [4.78, 5) is 12.4. The minimum Gasteiger partial charge on any atom is -0.345 e. The van der Waals surface area contributed by atoms with E-state index in [4.69, 9.17) is 0 Å². The fourth-order valence-corrected chi connectivity index (χ4v) is 2.81. The SMILES string of the molecule is O=C(NCc1nnc2n1CCCCC2)c1cn[nH]c1-n1cnnn1. The smallest absolute Gasteiger partial charge is 0.257 e. The van der Waals surface area contributed by atoms with Gasteiger partial charge in [-0.15, -0.1) is 15.3 Å². The minimum atomic E-state index is -0.278. The van der Waals surface area contributed by atoms with Gasteiger partial charge in [0, 0.05) is 13.0 Å². The predicted molar refractivity (Wildman–Crippen MR) is 80.0 cm³/mol. The van der Waals surface area contributed by atoms with Crippen LogP contribution in [0.2, 0.25) is 0 Å². The van der Waals surface area contributed by atoms with E-state index in [-0.39, 0.29) is 5.91 Å². The number of tetrazole rings is 1. The van der Waals surface area contributed by atoms with Crippen molar-refractivity contribution in [3.05, 3.63) is 29.7 Å². The van der Waals surface area contributed by atoms with Crippen LogP contribution < -0.4 is 5.32 Å². The zero-order chi connectivity index (χ0) is 16.4. The highest BCUT2D eigenvalue weighted by Gasteiger charge is 2.18. The Labute approximate surface area is 136 Å². The van der Waals surface area contributed by atoms with Gasteiger partial charge in [0.1, 0.15) is 17.7 Å². The summed E-state index contributed by atoms with van der Waals surface area (Å²) >= 11 is 0. The molecular weight excluding hydrogens is 312 g/mol. The van der Waals surface area contributed by atoms with Crippen LogP contribution >= 0.6 is 0 Å². The number of hydrogen-bond acceptors (Lipinski definition) is 7. The maximum Gasteiger partial charge on any atom is 0.257 e. The lowest BCUT2D eigenvalue weighted by Gasteiger charge is -2.08. The number of aromatic nitrogens is 9. The summed E-state index contributed by atoms with van der Waals surface area (Å²) in [7, 11) is 0. The summed E-state index contributed by atoms with van der Waals surface area (Å²) in [6, 6.07) is 0. The van der Waals surface area contributed by atoms with E-state index in [2.05, 4.69) is 45.8 Å². The lowest BCUT2D eigenvalue weighted by atomic mass is 10.2. The van der Waals surface area contributed by atoms with Crippen LogP contribution in [-0.2, 0) is 19.5 Å². The van der Waals surface area contributed by atoms with Crippen LogP contribution in [0.1, 0.15) is 41.3 Å². The van der Waals surface area contributed by atoms with Crippen molar-refractivity contribution in [2.24, 2.45) is 0 Å². The number of fused-ring (bicyclic) bond motifs is 1. The van der Waals surface area contributed by atoms with Crippen molar-refractivity contribution >= 4 is 5.91 Å². The predicted octanol–water partition coefficient (Wildman–Crippen LogP) is -0.367. The molecule has 1 aliphatic heterocycles. The number of carbonyl (C=O) groups is 1. The Kier molecular flexibility index (Phi) is 3.73. The van der Waals surface area contributed by atoms with Crippen molar-refractivity contribution in [2.45, 2.75) is 38.8 Å². The van der Waals surface area contributed by atoms with E-state index >= 15 is 0 Å². The van der Waals surface area contributed by atoms with Crippen LogP contribution in [0.3, 0.4) is 0 Å². The Morgan fingerprint density at radius 1 is 1.29 bits per heavy atom. The number of H-pyrrole nitrogens is 1.